The summed E-state index contributed by atoms with van der Waals surface area (Å²) in [5.41, 5.74) is -0.317. The lowest BCUT2D eigenvalue weighted by atomic mass is 9.85. The molecule has 4 heteroatoms. The van der Waals surface area contributed by atoms with E-state index in [9.17, 15) is 5.26 Å². The van der Waals surface area contributed by atoms with Crippen molar-refractivity contribution in [3.63, 3.8) is 0 Å². The molecule has 1 heterocycles. The summed E-state index contributed by atoms with van der Waals surface area (Å²) in [5.74, 6) is 1.50. The molecule has 0 bridgehead atoms. The van der Waals surface area contributed by atoms with E-state index in [1.165, 1.54) is 0 Å². The molecule has 2 atom stereocenters. The monoisotopic (exact) mass is 260 g/mol. The molecule has 4 nitrogen and oxygen atoms in total. The molecule has 19 heavy (non-hydrogen) atoms. The molecule has 1 aliphatic carbocycles. The van der Waals surface area contributed by atoms with Gasteiger partial charge in [-0.2, -0.15) is 5.26 Å². The smallest absolute Gasteiger partial charge is 0.109 e. The van der Waals surface area contributed by atoms with Crippen LogP contribution in [0.4, 0.5) is 0 Å². The van der Waals surface area contributed by atoms with Crippen LogP contribution >= 0.6 is 0 Å². The molecule has 2 rings (SSSR count). The van der Waals surface area contributed by atoms with Crippen molar-refractivity contribution in [1.82, 2.24) is 14.9 Å². The van der Waals surface area contributed by atoms with Crippen LogP contribution in [-0.4, -0.2) is 21.1 Å². The summed E-state index contributed by atoms with van der Waals surface area (Å²) < 4.78 is 2.18. The Hall–Kier alpha value is -1.34. The van der Waals surface area contributed by atoms with Gasteiger partial charge in [0.05, 0.1) is 6.07 Å². The number of nitrogens with zero attached hydrogens (tertiary/aromatic N) is 3. The van der Waals surface area contributed by atoms with E-state index in [0.29, 0.717) is 12.0 Å². The van der Waals surface area contributed by atoms with Crippen LogP contribution in [0.15, 0.2) is 12.4 Å². The molecule has 1 aliphatic rings. The predicted molar refractivity (Wildman–Crippen MR) is 75.5 cm³/mol. The zero-order chi connectivity index (χ0) is 13.9. The molecule has 1 saturated carbocycles. The van der Waals surface area contributed by atoms with E-state index in [1.807, 2.05) is 19.3 Å². The first-order valence-corrected chi connectivity index (χ1v) is 7.24. The minimum absolute atomic E-state index is 0.317. The molecule has 1 N–H and O–H groups in total. The van der Waals surface area contributed by atoms with Gasteiger partial charge >= 0.3 is 0 Å². The van der Waals surface area contributed by atoms with Crippen molar-refractivity contribution >= 4 is 0 Å². The number of imidazole rings is 1. The average molecular weight is 260 g/mol. The highest BCUT2D eigenvalue weighted by Crippen LogP contribution is 2.38. The Balaban J connectivity index is 2.02. The fraction of sp³-hybridized carbons (Fsp3) is 0.733. The molecule has 1 aromatic heterocycles. The number of aromatic nitrogens is 2. The van der Waals surface area contributed by atoms with Gasteiger partial charge in [-0.05, 0) is 46.0 Å². The summed E-state index contributed by atoms with van der Waals surface area (Å²) in [6.45, 7) is 7.22. The van der Waals surface area contributed by atoms with Crippen LogP contribution in [0.25, 0.3) is 0 Å². The van der Waals surface area contributed by atoms with Crippen LogP contribution in [0.3, 0.4) is 0 Å². The van der Waals surface area contributed by atoms with Crippen LogP contribution in [0, 0.1) is 24.2 Å². The van der Waals surface area contributed by atoms with Gasteiger partial charge < -0.3 is 4.57 Å². The van der Waals surface area contributed by atoms with Crippen molar-refractivity contribution in [3.8, 4) is 6.07 Å². The molecule has 1 aromatic rings. The van der Waals surface area contributed by atoms with E-state index < -0.39 is 0 Å². The van der Waals surface area contributed by atoms with E-state index in [-0.39, 0.29) is 5.54 Å². The highest BCUT2D eigenvalue weighted by molar-refractivity contribution is 5.14. The number of aryl methyl sites for hydroxylation is 2. The van der Waals surface area contributed by atoms with Crippen molar-refractivity contribution < 1.29 is 0 Å². The maximum absolute atomic E-state index is 9.62. The number of nitrogens with one attached hydrogen (secondary N) is 1. The van der Waals surface area contributed by atoms with Crippen LogP contribution in [0.1, 0.15) is 45.4 Å². The Labute approximate surface area is 115 Å². The average Bonchev–Trinajstić information content (AvgIpc) is 2.93. The second kappa shape index (κ2) is 5.75. The van der Waals surface area contributed by atoms with Gasteiger partial charge in [0.15, 0.2) is 0 Å². The quantitative estimate of drug-likeness (QED) is 0.885. The molecule has 104 valence electrons. The standard InChI is InChI=1S/C15H24N4/c1-12(2)18-15(11-16)7-4-5-14(15)6-9-19-10-8-17-13(19)3/h8,10,12,14,18H,4-7,9H2,1-3H3. The Morgan fingerprint density at radius 3 is 3.00 bits per heavy atom. The maximum atomic E-state index is 9.62. The predicted octanol–water partition coefficient (Wildman–Crippen LogP) is 2.64. The van der Waals surface area contributed by atoms with Crippen molar-refractivity contribution in [3.05, 3.63) is 18.2 Å². The van der Waals surface area contributed by atoms with Gasteiger partial charge in [0.25, 0.3) is 0 Å². The van der Waals surface area contributed by atoms with Crippen LogP contribution in [0.5, 0.6) is 0 Å². The molecular formula is C15H24N4. The topological polar surface area (TPSA) is 53.6 Å². The molecule has 2 unspecified atom stereocenters. The molecule has 0 radical (unpaired) electrons. The van der Waals surface area contributed by atoms with E-state index in [4.69, 9.17) is 0 Å². The summed E-state index contributed by atoms with van der Waals surface area (Å²) in [4.78, 5) is 4.25. The first-order chi connectivity index (χ1) is 9.07. The number of rotatable bonds is 5. The fourth-order valence-corrected chi connectivity index (χ4v) is 3.29. The normalized spacial score (nSPS) is 26.8. The first kappa shape index (κ1) is 14.1. The molecule has 0 saturated heterocycles. The number of nitriles is 1. The minimum atomic E-state index is -0.317. The first-order valence-electron chi connectivity index (χ1n) is 7.24. The number of hydrogen-bond donors (Lipinski definition) is 1. The van der Waals surface area contributed by atoms with Crippen molar-refractivity contribution in [1.29, 1.82) is 5.26 Å². The Kier molecular flexibility index (Phi) is 4.26. The van der Waals surface area contributed by atoms with Crippen LogP contribution < -0.4 is 5.32 Å². The minimum Gasteiger partial charge on any atom is -0.335 e. The molecule has 0 aliphatic heterocycles. The second-order valence-electron chi connectivity index (χ2n) is 5.93. The van der Waals surface area contributed by atoms with Crippen LogP contribution in [-0.2, 0) is 6.54 Å². The van der Waals surface area contributed by atoms with Crippen LogP contribution in [0.2, 0.25) is 0 Å². The third kappa shape index (κ3) is 2.98. The maximum Gasteiger partial charge on any atom is 0.109 e. The van der Waals surface area contributed by atoms with Gasteiger partial charge in [0.2, 0.25) is 0 Å². The Morgan fingerprint density at radius 1 is 1.63 bits per heavy atom. The van der Waals surface area contributed by atoms with Gasteiger partial charge in [0.1, 0.15) is 11.4 Å². The summed E-state index contributed by atoms with van der Waals surface area (Å²) in [7, 11) is 0. The lowest BCUT2D eigenvalue weighted by molar-refractivity contribution is 0.272. The lowest BCUT2D eigenvalue weighted by Crippen LogP contribution is -2.50. The van der Waals surface area contributed by atoms with E-state index in [0.717, 1.165) is 38.1 Å². The summed E-state index contributed by atoms with van der Waals surface area (Å²) >= 11 is 0. The highest BCUT2D eigenvalue weighted by atomic mass is 15.1. The summed E-state index contributed by atoms with van der Waals surface area (Å²) in [5, 5.41) is 13.1. The molecule has 0 aromatic carbocycles. The van der Waals surface area contributed by atoms with E-state index in [1.54, 1.807) is 0 Å². The van der Waals surface area contributed by atoms with Gasteiger partial charge in [-0.3, -0.25) is 5.32 Å². The van der Waals surface area contributed by atoms with Crippen molar-refractivity contribution in [2.45, 2.75) is 64.6 Å². The Morgan fingerprint density at radius 2 is 2.42 bits per heavy atom. The zero-order valence-corrected chi connectivity index (χ0v) is 12.2. The third-order valence-corrected chi connectivity index (χ3v) is 4.21. The van der Waals surface area contributed by atoms with E-state index in [2.05, 4.69) is 34.8 Å². The Bertz CT molecular complexity index is 457. The molecule has 0 spiro atoms. The third-order valence-electron chi connectivity index (χ3n) is 4.21. The summed E-state index contributed by atoms with van der Waals surface area (Å²) in [6.07, 6.45) is 8.20. The molecule has 1 fully saturated rings. The van der Waals surface area contributed by atoms with Crippen molar-refractivity contribution in [2.75, 3.05) is 0 Å². The van der Waals surface area contributed by atoms with Gasteiger partial charge in [-0.1, -0.05) is 6.42 Å². The van der Waals surface area contributed by atoms with Gasteiger partial charge in [0, 0.05) is 25.0 Å². The number of hydrogen-bond acceptors (Lipinski definition) is 3. The SMILES string of the molecule is Cc1nccn1CCC1CCCC1(C#N)NC(C)C. The summed E-state index contributed by atoms with van der Waals surface area (Å²) in [6, 6.07) is 2.92. The van der Waals surface area contributed by atoms with E-state index >= 15 is 0 Å². The van der Waals surface area contributed by atoms with Gasteiger partial charge in [-0.25, -0.2) is 4.98 Å². The highest BCUT2D eigenvalue weighted by Gasteiger charge is 2.43. The second-order valence-corrected chi connectivity index (χ2v) is 5.93. The molecular weight excluding hydrogens is 236 g/mol. The lowest BCUT2D eigenvalue weighted by Gasteiger charge is -2.32. The fourth-order valence-electron chi connectivity index (χ4n) is 3.29. The zero-order valence-electron chi connectivity index (χ0n) is 12.2. The van der Waals surface area contributed by atoms with Gasteiger partial charge in [-0.15, -0.1) is 0 Å². The molecule has 0 amide bonds. The largest absolute Gasteiger partial charge is 0.335 e. The van der Waals surface area contributed by atoms with Crippen molar-refractivity contribution in [2.24, 2.45) is 5.92 Å².